The monoisotopic (exact) mass is 305 g/mol. The maximum atomic E-state index is 12.0. The number of carbonyl (C=O) groups excluding carboxylic acids is 1. The van der Waals surface area contributed by atoms with Crippen LogP contribution in [0, 0.1) is 0 Å². The maximum absolute atomic E-state index is 12.0. The second-order valence-electron chi connectivity index (χ2n) is 5.89. The zero-order chi connectivity index (χ0) is 14.8. The van der Waals surface area contributed by atoms with E-state index in [1.807, 2.05) is 6.92 Å². The van der Waals surface area contributed by atoms with Crippen molar-refractivity contribution in [2.45, 2.75) is 31.4 Å². The molecule has 0 aromatic rings. The maximum Gasteiger partial charge on any atom is 0.248 e. The molecule has 0 aromatic heterocycles. The van der Waals surface area contributed by atoms with E-state index in [0.717, 1.165) is 19.3 Å². The van der Waals surface area contributed by atoms with E-state index in [9.17, 15) is 13.2 Å². The molecule has 0 atom stereocenters. The van der Waals surface area contributed by atoms with Crippen LogP contribution in [0.1, 0.15) is 19.8 Å². The fourth-order valence-electron chi connectivity index (χ4n) is 2.46. The lowest BCUT2D eigenvalue weighted by atomic mass is 10.0. The molecule has 0 bridgehead atoms. The lowest BCUT2D eigenvalue weighted by molar-refractivity contribution is -0.147. The number of ether oxygens (including phenoxy) is 1. The molecule has 116 valence electrons. The van der Waals surface area contributed by atoms with Crippen LogP contribution in [-0.2, 0) is 19.6 Å². The second-order valence-corrected chi connectivity index (χ2v) is 7.67. The zero-order valence-electron chi connectivity index (χ0n) is 12.0. The Balaban J connectivity index is 1.71. The van der Waals surface area contributed by atoms with Gasteiger partial charge in [0.1, 0.15) is 6.61 Å². The molecule has 7 nitrogen and oxygen atoms in total. The van der Waals surface area contributed by atoms with Gasteiger partial charge in [0, 0.05) is 32.2 Å². The lowest BCUT2D eigenvalue weighted by Gasteiger charge is -2.39. The molecule has 2 heterocycles. The van der Waals surface area contributed by atoms with E-state index >= 15 is 0 Å². The molecule has 0 saturated carbocycles. The molecule has 20 heavy (non-hydrogen) atoms. The van der Waals surface area contributed by atoms with E-state index in [4.69, 9.17) is 4.74 Å². The van der Waals surface area contributed by atoms with Crippen molar-refractivity contribution in [3.05, 3.63) is 0 Å². The number of nitrogens with zero attached hydrogens (tertiary/aromatic N) is 1. The first-order valence-corrected chi connectivity index (χ1v) is 8.76. The summed E-state index contributed by atoms with van der Waals surface area (Å²) in [6.45, 7) is 4.79. The van der Waals surface area contributed by atoms with Crippen molar-refractivity contribution in [1.82, 2.24) is 14.9 Å². The van der Waals surface area contributed by atoms with Crippen LogP contribution < -0.4 is 10.0 Å². The summed E-state index contributed by atoms with van der Waals surface area (Å²) in [7, 11) is -3.17. The summed E-state index contributed by atoms with van der Waals surface area (Å²) in [4.78, 5) is 13.8. The Bertz CT molecular complexity index is 453. The fraction of sp³-hybridized carbons (Fsp3) is 0.917. The smallest absolute Gasteiger partial charge is 0.248 e. The van der Waals surface area contributed by atoms with Crippen molar-refractivity contribution >= 4 is 15.9 Å². The van der Waals surface area contributed by atoms with Gasteiger partial charge in [-0.3, -0.25) is 4.79 Å². The molecule has 0 radical (unpaired) electrons. The lowest BCUT2D eigenvalue weighted by Crippen LogP contribution is -2.60. The highest BCUT2D eigenvalue weighted by molar-refractivity contribution is 7.88. The van der Waals surface area contributed by atoms with E-state index in [1.165, 1.54) is 0 Å². The van der Waals surface area contributed by atoms with Gasteiger partial charge in [0.2, 0.25) is 15.9 Å². The number of rotatable bonds is 5. The Hall–Kier alpha value is -0.700. The van der Waals surface area contributed by atoms with Gasteiger partial charge in [0.05, 0.1) is 11.9 Å². The summed E-state index contributed by atoms with van der Waals surface area (Å²) < 4.78 is 30.5. The largest absolute Gasteiger partial charge is 0.363 e. The van der Waals surface area contributed by atoms with Gasteiger partial charge in [-0.2, -0.15) is 0 Å². The van der Waals surface area contributed by atoms with E-state index in [0.29, 0.717) is 25.9 Å². The Labute approximate surface area is 120 Å². The average molecular weight is 305 g/mol. The Morgan fingerprint density at radius 2 is 2.00 bits per heavy atom. The average Bonchev–Trinajstić information content (AvgIpc) is 2.32. The van der Waals surface area contributed by atoms with Crippen LogP contribution in [0.5, 0.6) is 0 Å². The van der Waals surface area contributed by atoms with Gasteiger partial charge in [-0.1, -0.05) is 0 Å². The van der Waals surface area contributed by atoms with Gasteiger partial charge in [-0.15, -0.1) is 0 Å². The third-order valence-electron chi connectivity index (χ3n) is 3.77. The molecule has 2 aliphatic heterocycles. The first-order chi connectivity index (χ1) is 9.27. The number of piperidine rings is 1. The minimum Gasteiger partial charge on any atom is -0.363 e. The number of likely N-dealkylation sites (tertiary alicyclic amines) is 1. The second kappa shape index (κ2) is 5.97. The minimum atomic E-state index is -3.17. The summed E-state index contributed by atoms with van der Waals surface area (Å²) in [5.74, 6) is -0.0177. The van der Waals surface area contributed by atoms with Crippen molar-refractivity contribution in [3.8, 4) is 0 Å². The molecule has 1 amide bonds. The predicted octanol–water partition coefficient (Wildman–Crippen LogP) is -1.09. The van der Waals surface area contributed by atoms with Crippen LogP contribution in [0.2, 0.25) is 0 Å². The highest BCUT2D eigenvalue weighted by Gasteiger charge is 2.34. The summed E-state index contributed by atoms with van der Waals surface area (Å²) in [6, 6.07) is -0.0664. The van der Waals surface area contributed by atoms with Crippen molar-refractivity contribution in [2.24, 2.45) is 0 Å². The third kappa shape index (κ3) is 4.41. The summed E-state index contributed by atoms with van der Waals surface area (Å²) in [6.07, 6.45) is 2.46. The molecule has 2 saturated heterocycles. The van der Waals surface area contributed by atoms with Crippen LogP contribution in [0.4, 0.5) is 0 Å². The Morgan fingerprint density at radius 1 is 1.40 bits per heavy atom. The first-order valence-electron chi connectivity index (χ1n) is 6.87. The van der Waals surface area contributed by atoms with Crippen LogP contribution >= 0.6 is 0 Å². The number of hydrogen-bond donors (Lipinski definition) is 2. The number of sulfonamides is 1. The number of hydrogen-bond acceptors (Lipinski definition) is 5. The van der Waals surface area contributed by atoms with Crippen molar-refractivity contribution in [1.29, 1.82) is 0 Å². The molecular formula is C12H23N3O4S. The van der Waals surface area contributed by atoms with E-state index in [1.54, 1.807) is 4.90 Å². The van der Waals surface area contributed by atoms with Crippen molar-refractivity contribution in [3.63, 3.8) is 0 Å². The summed E-state index contributed by atoms with van der Waals surface area (Å²) in [5.41, 5.74) is -0.216. The predicted molar refractivity (Wildman–Crippen MR) is 74.8 cm³/mol. The normalized spacial score (nSPS) is 23.4. The molecule has 0 unspecified atom stereocenters. The Morgan fingerprint density at radius 3 is 2.45 bits per heavy atom. The topological polar surface area (TPSA) is 87.7 Å². The van der Waals surface area contributed by atoms with Crippen LogP contribution in [-0.4, -0.2) is 69.9 Å². The molecular weight excluding hydrogens is 282 g/mol. The zero-order valence-corrected chi connectivity index (χ0v) is 12.8. The van der Waals surface area contributed by atoms with Gasteiger partial charge < -0.3 is 15.0 Å². The third-order valence-corrected chi connectivity index (χ3v) is 4.53. The van der Waals surface area contributed by atoms with Crippen LogP contribution in [0.15, 0.2) is 0 Å². The van der Waals surface area contributed by atoms with Gasteiger partial charge in [0.25, 0.3) is 0 Å². The molecule has 2 aliphatic rings. The van der Waals surface area contributed by atoms with Crippen LogP contribution in [0.3, 0.4) is 0 Å². The molecule has 2 N–H and O–H groups in total. The highest BCUT2D eigenvalue weighted by Crippen LogP contribution is 2.16. The number of nitrogens with one attached hydrogen (secondary N) is 2. The summed E-state index contributed by atoms with van der Waals surface area (Å²) in [5, 5.41) is 3.12. The van der Waals surface area contributed by atoms with E-state index in [2.05, 4.69) is 10.0 Å². The van der Waals surface area contributed by atoms with Gasteiger partial charge in [-0.05, 0) is 19.8 Å². The highest BCUT2D eigenvalue weighted by atomic mass is 32.2. The van der Waals surface area contributed by atoms with Gasteiger partial charge >= 0.3 is 0 Å². The van der Waals surface area contributed by atoms with Gasteiger partial charge in [0.15, 0.2) is 0 Å². The summed E-state index contributed by atoms with van der Waals surface area (Å²) >= 11 is 0. The quantitative estimate of drug-likeness (QED) is 0.673. The standard InChI is InChI=1S/C12H23N3O4S/c1-12(8-13-9-12)19-7-11(16)15-5-3-10(4-6-15)14-20(2,17)18/h10,13-14H,3-9H2,1-2H3. The van der Waals surface area contributed by atoms with Gasteiger partial charge in [-0.25, -0.2) is 13.1 Å². The first kappa shape index (κ1) is 15.7. The number of amides is 1. The molecule has 2 fully saturated rings. The minimum absolute atomic E-state index is 0.0177. The fourth-order valence-corrected chi connectivity index (χ4v) is 3.30. The van der Waals surface area contributed by atoms with E-state index in [-0.39, 0.29) is 24.2 Å². The molecule has 8 heteroatoms. The molecule has 0 spiro atoms. The van der Waals surface area contributed by atoms with Crippen molar-refractivity contribution < 1.29 is 17.9 Å². The Kier molecular flexibility index (Phi) is 4.68. The SMILES string of the molecule is CC1(OCC(=O)N2CCC(NS(C)(=O)=O)CC2)CNC1. The van der Waals surface area contributed by atoms with E-state index < -0.39 is 10.0 Å². The molecule has 0 aliphatic carbocycles. The molecule has 2 rings (SSSR count). The number of carbonyl (C=O) groups is 1. The molecule has 0 aromatic carbocycles. The van der Waals surface area contributed by atoms with Crippen molar-refractivity contribution in [2.75, 3.05) is 39.0 Å². The van der Waals surface area contributed by atoms with Crippen LogP contribution in [0.25, 0.3) is 0 Å².